The van der Waals surface area contributed by atoms with Gasteiger partial charge < -0.3 is 14.8 Å². The maximum Gasteiger partial charge on any atom is 0.321 e. The molecule has 0 spiro atoms. The molecule has 2 aromatic carbocycles. The van der Waals surface area contributed by atoms with Crippen LogP contribution in [0.2, 0.25) is 0 Å². The summed E-state index contributed by atoms with van der Waals surface area (Å²) in [6.07, 6.45) is 0.873. The molecule has 0 saturated carbocycles. The van der Waals surface area contributed by atoms with Gasteiger partial charge in [0.05, 0.1) is 19.9 Å². The lowest BCUT2D eigenvalue weighted by atomic mass is 10.1. The molecule has 0 atom stereocenters. The third-order valence-electron chi connectivity index (χ3n) is 4.44. The van der Waals surface area contributed by atoms with Crippen LogP contribution in [0.3, 0.4) is 0 Å². The molecule has 6 nitrogen and oxygen atoms in total. The lowest BCUT2D eigenvalue weighted by molar-refractivity contribution is 0.251. The van der Waals surface area contributed by atoms with E-state index in [9.17, 15) is 4.79 Å². The number of anilines is 1. The fourth-order valence-corrected chi connectivity index (χ4v) is 4.12. The predicted octanol–water partition coefficient (Wildman–Crippen LogP) is 4.05. The zero-order chi connectivity index (χ0) is 18.8. The number of thiazole rings is 1. The number of carbonyl (C=O) groups is 1. The Labute approximate surface area is 161 Å². The van der Waals surface area contributed by atoms with Crippen LogP contribution in [0.15, 0.2) is 42.5 Å². The van der Waals surface area contributed by atoms with Gasteiger partial charge in [-0.25, -0.2) is 9.78 Å². The summed E-state index contributed by atoms with van der Waals surface area (Å²) < 4.78 is 10.5. The zero-order valence-electron chi connectivity index (χ0n) is 15.0. The zero-order valence-corrected chi connectivity index (χ0v) is 15.9. The maximum absolute atomic E-state index is 12.2. The molecule has 3 aromatic rings. The summed E-state index contributed by atoms with van der Waals surface area (Å²) >= 11 is 1.52. The Hall–Kier alpha value is -3.06. The molecule has 2 N–H and O–H groups in total. The van der Waals surface area contributed by atoms with Gasteiger partial charge in [0.25, 0.3) is 0 Å². The normalized spacial score (nSPS) is 11.5. The molecule has 0 radical (unpaired) electrons. The highest BCUT2D eigenvalue weighted by atomic mass is 32.1. The van der Waals surface area contributed by atoms with E-state index in [1.54, 1.807) is 14.2 Å². The van der Waals surface area contributed by atoms with E-state index in [1.165, 1.54) is 21.8 Å². The summed E-state index contributed by atoms with van der Waals surface area (Å²) in [5.41, 5.74) is 4.34. The van der Waals surface area contributed by atoms with E-state index in [4.69, 9.17) is 9.47 Å². The first kappa shape index (κ1) is 17.4. The number of fused-ring (bicyclic) bond motifs is 3. The van der Waals surface area contributed by atoms with Crippen molar-refractivity contribution in [1.82, 2.24) is 10.3 Å². The predicted molar refractivity (Wildman–Crippen MR) is 106 cm³/mol. The summed E-state index contributed by atoms with van der Waals surface area (Å²) in [7, 11) is 3.18. The molecule has 0 aliphatic heterocycles. The van der Waals surface area contributed by atoms with E-state index in [0.29, 0.717) is 23.2 Å². The van der Waals surface area contributed by atoms with Crippen molar-refractivity contribution >= 4 is 22.5 Å². The number of nitrogens with one attached hydrogen (secondary N) is 2. The fourth-order valence-electron chi connectivity index (χ4n) is 3.13. The van der Waals surface area contributed by atoms with Crippen molar-refractivity contribution in [3.05, 3.63) is 58.5 Å². The minimum Gasteiger partial charge on any atom is -0.493 e. The van der Waals surface area contributed by atoms with Gasteiger partial charge >= 0.3 is 6.03 Å². The van der Waals surface area contributed by atoms with E-state index in [1.807, 2.05) is 30.3 Å². The molecule has 1 aliphatic carbocycles. The second-order valence-corrected chi connectivity index (χ2v) is 7.21. The van der Waals surface area contributed by atoms with Crippen LogP contribution in [0.25, 0.3) is 11.3 Å². The van der Waals surface area contributed by atoms with E-state index in [0.717, 1.165) is 23.2 Å². The van der Waals surface area contributed by atoms with E-state index >= 15 is 0 Å². The number of ether oxygens (including phenoxy) is 2. The number of hydrogen-bond donors (Lipinski definition) is 2. The molecule has 0 saturated heterocycles. The van der Waals surface area contributed by atoms with Crippen molar-refractivity contribution in [1.29, 1.82) is 0 Å². The highest BCUT2D eigenvalue weighted by Gasteiger charge is 2.23. The van der Waals surface area contributed by atoms with Crippen LogP contribution in [-0.2, 0) is 13.0 Å². The van der Waals surface area contributed by atoms with Gasteiger partial charge in [-0.15, -0.1) is 11.3 Å². The van der Waals surface area contributed by atoms with Crippen LogP contribution in [-0.4, -0.2) is 25.2 Å². The van der Waals surface area contributed by atoms with Crippen LogP contribution < -0.4 is 20.1 Å². The van der Waals surface area contributed by atoms with Gasteiger partial charge in [-0.2, -0.15) is 0 Å². The van der Waals surface area contributed by atoms with Crippen molar-refractivity contribution in [3.8, 4) is 22.8 Å². The number of nitrogens with zero attached hydrogens (tertiary/aromatic N) is 1. The number of benzene rings is 2. The van der Waals surface area contributed by atoms with Gasteiger partial charge in [0.15, 0.2) is 16.6 Å². The van der Waals surface area contributed by atoms with Crippen LogP contribution in [0.4, 0.5) is 9.93 Å². The highest BCUT2D eigenvalue weighted by molar-refractivity contribution is 7.16. The number of aromatic nitrogens is 1. The molecule has 27 heavy (non-hydrogen) atoms. The molecule has 1 aliphatic rings. The first-order chi connectivity index (χ1) is 13.2. The van der Waals surface area contributed by atoms with Gasteiger partial charge in [-0.3, -0.25) is 5.32 Å². The summed E-state index contributed by atoms with van der Waals surface area (Å²) in [5.74, 6) is 1.29. The molecular formula is C20H19N3O3S. The van der Waals surface area contributed by atoms with Crippen LogP contribution >= 0.6 is 11.3 Å². The van der Waals surface area contributed by atoms with Crippen LogP contribution in [0.1, 0.15) is 16.0 Å². The molecule has 0 unspecified atom stereocenters. The second kappa shape index (κ2) is 7.28. The maximum atomic E-state index is 12.2. The monoisotopic (exact) mass is 381 g/mol. The number of amides is 2. The van der Waals surface area contributed by atoms with Gasteiger partial charge in [-0.05, 0) is 23.3 Å². The highest BCUT2D eigenvalue weighted by Crippen LogP contribution is 2.40. The number of carbonyl (C=O) groups excluding carboxylic acids is 1. The molecule has 1 aromatic heterocycles. The van der Waals surface area contributed by atoms with E-state index in [-0.39, 0.29) is 6.03 Å². The van der Waals surface area contributed by atoms with Crippen molar-refractivity contribution in [3.63, 3.8) is 0 Å². The summed E-state index contributed by atoms with van der Waals surface area (Å²) in [6.45, 7) is 0.375. The molecule has 0 fully saturated rings. The van der Waals surface area contributed by atoms with Gasteiger partial charge in [0.2, 0.25) is 0 Å². The summed E-state index contributed by atoms with van der Waals surface area (Å²) in [6, 6.07) is 13.5. The van der Waals surface area contributed by atoms with E-state index in [2.05, 4.69) is 27.8 Å². The summed E-state index contributed by atoms with van der Waals surface area (Å²) in [4.78, 5) is 18.0. The lowest BCUT2D eigenvalue weighted by Crippen LogP contribution is -2.28. The quantitative estimate of drug-likeness (QED) is 0.547. The van der Waals surface area contributed by atoms with Gasteiger partial charge in [0, 0.05) is 23.4 Å². The Kier molecular flexibility index (Phi) is 4.68. The molecule has 7 heteroatoms. The Morgan fingerprint density at radius 1 is 1.15 bits per heavy atom. The average molecular weight is 381 g/mol. The molecule has 1 heterocycles. The number of rotatable bonds is 5. The first-order valence-electron chi connectivity index (χ1n) is 8.51. The van der Waals surface area contributed by atoms with Crippen molar-refractivity contribution in [2.45, 2.75) is 13.0 Å². The first-order valence-corrected chi connectivity index (χ1v) is 9.33. The van der Waals surface area contributed by atoms with Crippen molar-refractivity contribution in [2.24, 2.45) is 0 Å². The fraction of sp³-hybridized carbons (Fsp3) is 0.200. The standard InChI is InChI=1S/C20H19N3O3S/c1-25-15-8-7-12(9-16(15)26-2)11-21-19(24)23-20-22-18-14-6-4-3-5-13(14)10-17(18)27-20/h3-9H,10-11H2,1-2H3,(H2,21,22,23,24). The van der Waals surface area contributed by atoms with Gasteiger partial charge in [-0.1, -0.05) is 30.3 Å². The third-order valence-corrected chi connectivity index (χ3v) is 5.41. The summed E-state index contributed by atoms with van der Waals surface area (Å²) in [5, 5.41) is 6.28. The number of hydrogen-bond acceptors (Lipinski definition) is 5. The molecule has 0 bridgehead atoms. The third kappa shape index (κ3) is 3.46. The topological polar surface area (TPSA) is 72.5 Å². The van der Waals surface area contributed by atoms with Crippen LogP contribution in [0.5, 0.6) is 11.5 Å². The Bertz CT molecular complexity index is 1000. The molecule has 138 valence electrons. The largest absolute Gasteiger partial charge is 0.493 e. The smallest absolute Gasteiger partial charge is 0.321 e. The Morgan fingerprint density at radius 2 is 1.96 bits per heavy atom. The van der Waals surface area contributed by atoms with Crippen LogP contribution in [0, 0.1) is 0 Å². The Morgan fingerprint density at radius 3 is 2.78 bits per heavy atom. The SMILES string of the molecule is COc1ccc(CNC(=O)Nc2nc3c(s2)Cc2ccccc2-3)cc1OC. The molecular weight excluding hydrogens is 362 g/mol. The Balaban J connectivity index is 1.39. The molecule has 2 amide bonds. The minimum atomic E-state index is -0.287. The number of urea groups is 1. The lowest BCUT2D eigenvalue weighted by Gasteiger charge is -2.10. The average Bonchev–Trinajstić information content (AvgIpc) is 3.23. The van der Waals surface area contributed by atoms with E-state index < -0.39 is 0 Å². The molecule has 4 rings (SSSR count). The van der Waals surface area contributed by atoms with Crippen molar-refractivity contribution in [2.75, 3.05) is 19.5 Å². The second-order valence-electron chi connectivity index (χ2n) is 6.12. The number of methoxy groups -OCH3 is 2. The van der Waals surface area contributed by atoms with Gasteiger partial charge in [0.1, 0.15) is 0 Å². The van der Waals surface area contributed by atoms with Crippen molar-refractivity contribution < 1.29 is 14.3 Å². The minimum absolute atomic E-state index is 0.287.